The van der Waals surface area contributed by atoms with Gasteiger partial charge in [-0.2, -0.15) is 0 Å². The van der Waals surface area contributed by atoms with Crippen LogP contribution in [0.2, 0.25) is 18.1 Å². The molecule has 7 heteroatoms. The summed E-state index contributed by atoms with van der Waals surface area (Å²) in [6.07, 6.45) is 0. The lowest BCUT2D eigenvalue weighted by atomic mass is 10.0. The molecule has 1 aromatic rings. The van der Waals surface area contributed by atoms with Crippen molar-refractivity contribution < 1.29 is 17.8 Å². The molecule has 1 unspecified atom stereocenters. The first kappa shape index (κ1) is 24.6. The van der Waals surface area contributed by atoms with Crippen molar-refractivity contribution in [3.05, 3.63) is 35.4 Å². The minimum Gasteiger partial charge on any atom is -0.598 e. The lowest BCUT2D eigenvalue weighted by Gasteiger charge is -2.38. The van der Waals surface area contributed by atoms with E-state index < -0.39 is 36.4 Å². The number of nitrogens with one attached hydrogen (secondary N) is 1. The quantitative estimate of drug-likeness (QED) is 0.441. The fourth-order valence-electron chi connectivity index (χ4n) is 2.04. The van der Waals surface area contributed by atoms with E-state index in [1.54, 1.807) is 12.1 Å². The lowest BCUT2D eigenvalue weighted by molar-refractivity contribution is 0.0173. The van der Waals surface area contributed by atoms with Gasteiger partial charge >= 0.3 is 0 Å². The first-order valence-electron chi connectivity index (χ1n) is 9.25. The fourth-order valence-corrected chi connectivity index (χ4v) is 3.87. The zero-order valence-corrected chi connectivity index (χ0v) is 19.9. The lowest BCUT2D eigenvalue weighted by Crippen LogP contribution is -2.46. The van der Waals surface area contributed by atoms with E-state index in [4.69, 9.17) is 4.43 Å². The van der Waals surface area contributed by atoms with Gasteiger partial charge in [-0.15, -0.1) is 4.72 Å². The van der Waals surface area contributed by atoms with E-state index >= 15 is 0 Å². The van der Waals surface area contributed by atoms with Gasteiger partial charge in [0.05, 0.1) is 12.6 Å². The van der Waals surface area contributed by atoms with Crippen molar-refractivity contribution in [1.29, 1.82) is 0 Å². The predicted octanol–water partition coefficient (Wildman–Crippen LogP) is 5.91. The van der Waals surface area contributed by atoms with Crippen molar-refractivity contribution in [3.8, 4) is 0 Å². The summed E-state index contributed by atoms with van der Waals surface area (Å²) in [4.78, 5) is 0. The Balaban J connectivity index is 3.16. The Morgan fingerprint density at radius 1 is 1.11 bits per heavy atom. The zero-order valence-electron chi connectivity index (χ0n) is 18.1. The Bertz CT molecular complexity index is 622. The van der Waals surface area contributed by atoms with Crippen molar-refractivity contribution in [2.45, 2.75) is 83.3 Å². The van der Waals surface area contributed by atoms with Crippen molar-refractivity contribution in [2.75, 3.05) is 6.61 Å². The van der Waals surface area contributed by atoms with Crippen molar-refractivity contribution in [3.63, 3.8) is 0 Å². The Hall–Kier alpha value is -0.473. The van der Waals surface area contributed by atoms with Crippen LogP contribution in [0.4, 0.5) is 8.78 Å². The second-order valence-corrected chi connectivity index (χ2v) is 16.4. The van der Waals surface area contributed by atoms with E-state index in [1.165, 1.54) is 12.1 Å². The van der Waals surface area contributed by atoms with Crippen LogP contribution in [0.5, 0.6) is 0 Å². The van der Waals surface area contributed by atoms with Gasteiger partial charge in [-0.1, -0.05) is 39.0 Å². The van der Waals surface area contributed by atoms with Crippen molar-refractivity contribution in [2.24, 2.45) is 0 Å². The number of benzene rings is 1. The summed E-state index contributed by atoms with van der Waals surface area (Å²) in [5.74, 6) is -2.93. The summed E-state index contributed by atoms with van der Waals surface area (Å²) < 4.78 is 49.1. The highest BCUT2D eigenvalue weighted by Gasteiger charge is 2.39. The van der Waals surface area contributed by atoms with E-state index in [9.17, 15) is 13.3 Å². The molecule has 0 spiro atoms. The topological polar surface area (TPSA) is 44.3 Å². The first-order chi connectivity index (χ1) is 11.9. The maximum Gasteiger partial charge on any atom is 0.270 e. The van der Waals surface area contributed by atoms with Gasteiger partial charge in [0, 0.05) is 23.8 Å². The van der Waals surface area contributed by atoms with Crippen molar-refractivity contribution >= 4 is 19.7 Å². The standard InChI is InChI=1S/C20H35F2NO2SSi/c1-18(2,3)26(24)23-17(14-25-27(8,9)19(4,5)6)15-11-10-12-16(13-15)20(7,21)22/h10-13,17,23H,14H2,1-9H3/t17-,26?/m1/s1. The van der Waals surface area contributed by atoms with Gasteiger partial charge < -0.3 is 8.98 Å². The third kappa shape index (κ3) is 7.13. The molecule has 0 fully saturated rings. The number of hydrogen-bond donors (Lipinski definition) is 1. The summed E-state index contributed by atoms with van der Waals surface area (Å²) in [5, 5.41) is 0.0268. The van der Waals surface area contributed by atoms with E-state index in [2.05, 4.69) is 38.6 Å². The van der Waals surface area contributed by atoms with Gasteiger partial charge in [-0.05, 0) is 50.5 Å². The van der Waals surface area contributed by atoms with Gasteiger partial charge in [0.15, 0.2) is 8.32 Å². The molecule has 0 aliphatic carbocycles. The summed E-state index contributed by atoms with van der Waals surface area (Å²) >= 11 is -1.35. The average Bonchev–Trinajstić information content (AvgIpc) is 2.48. The molecular formula is C20H35F2NO2SSi. The van der Waals surface area contributed by atoms with Gasteiger partial charge in [0.2, 0.25) is 0 Å². The minimum atomic E-state index is -2.93. The van der Waals surface area contributed by atoms with Crippen LogP contribution < -0.4 is 4.72 Å². The second-order valence-electron chi connectivity index (χ2n) is 9.64. The average molecular weight is 420 g/mol. The molecule has 3 nitrogen and oxygen atoms in total. The van der Waals surface area contributed by atoms with Crippen LogP contribution >= 0.6 is 0 Å². The molecule has 1 aromatic carbocycles. The SMILES string of the molecule is CC(F)(F)c1cccc([C@@H](CO[Si](C)(C)C(C)(C)C)N[S+]([O-])C(C)(C)C)c1. The zero-order chi connectivity index (χ0) is 21.3. The van der Waals surface area contributed by atoms with E-state index in [0.29, 0.717) is 5.56 Å². The first-order valence-corrected chi connectivity index (χ1v) is 13.3. The Morgan fingerprint density at radius 2 is 1.67 bits per heavy atom. The highest BCUT2D eigenvalue weighted by atomic mass is 32.2. The van der Waals surface area contributed by atoms with E-state index in [1.807, 2.05) is 20.8 Å². The molecule has 0 saturated carbocycles. The highest BCUT2D eigenvalue weighted by molar-refractivity contribution is 7.90. The Kier molecular flexibility index (Phi) is 7.73. The maximum atomic E-state index is 13.8. The number of halogens is 2. The molecule has 0 radical (unpaired) electrons. The van der Waals surface area contributed by atoms with E-state index in [-0.39, 0.29) is 17.2 Å². The van der Waals surface area contributed by atoms with Crippen LogP contribution in [0.3, 0.4) is 0 Å². The highest BCUT2D eigenvalue weighted by Crippen LogP contribution is 2.37. The smallest absolute Gasteiger partial charge is 0.270 e. The van der Waals surface area contributed by atoms with Crippen LogP contribution in [-0.4, -0.2) is 24.2 Å². The summed E-state index contributed by atoms with van der Waals surface area (Å²) in [7, 11) is -2.03. The molecule has 0 aromatic heterocycles. The Morgan fingerprint density at radius 3 is 2.11 bits per heavy atom. The molecule has 0 bridgehead atoms. The second kappa shape index (κ2) is 8.49. The van der Waals surface area contributed by atoms with Gasteiger partial charge in [-0.3, -0.25) is 0 Å². The van der Waals surface area contributed by atoms with Gasteiger partial charge in [0.25, 0.3) is 5.92 Å². The molecule has 2 atom stereocenters. The van der Waals surface area contributed by atoms with Crippen molar-refractivity contribution in [1.82, 2.24) is 4.72 Å². The number of hydrogen-bond acceptors (Lipinski definition) is 3. The number of alkyl halides is 2. The van der Waals surface area contributed by atoms with Crippen LogP contribution in [0, 0.1) is 0 Å². The van der Waals surface area contributed by atoms with Crippen LogP contribution in [0.25, 0.3) is 0 Å². The molecule has 0 saturated heterocycles. The number of rotatable bonds is 7. The summed E-state index contributed by atoms with van der Waals surface area (Å²) in [6, 6.07) is 5.86. The molecular weight excluding hydrogens is 384 g/mol. The van der Waals surface area contributed by atoms with Gasteiger partial charge in [-0.25, -0.2) is 8.78 Å². The third-order valence-corrected chi connectivity index (χ3v) is 11.1. The molecule has 1 N–H and O–H groups in total. The Labute approximate surface area is 167 Å². The maximum absolute atomic E-state index is 13.8. The molecule has 0 aliphatic rings. The molecule has 0 aliphatic heterocycles. The molecule has 0 amide bonds. The van der Waals surface area contributed by atoms with E-state index in [0.717, 1.165) is 6.92 Å². The third-order valence-electron chi connectivity index (χ3n) is 5.02. The predicted molar refractivity (Wildman–Crippen MR) is 113 cm³/mol. The molecule has 156 valence electrons. The van der Waals surface area contributed by atoms with Gasteiger partial charge in [0.1, 0.15) is 4.75 Å². The molecule has 0 heterocycles. The monoisotopic (exact) mass is 419 g/mol. The van der Waals surface area contributed by atoms with Crippen LogP contribution in [-0.2, 0) is 21.7 Å². The minimum absolute atomic E-state index is 0.0268. The molecule has 1 rings (SSSR count). The summed E-state index contributed by atoms with van der Waals surface area (Å²) in [5.41, 5.74) is 0.603. The molecule has 27 heavy (non-hydrogen) atoms. The fraction of sp³-hybridized carbons (Fsp3) is 0.700. The summed E-state index contributed by atoms with van der Waals surface area (Å²) in [6.45, 7) is 17.5. The normalized spacial score (nSPS) is 16.3. The van der Waals surface area contributed by atoms with Crippen LogP contribution in [0.1, 0.15) is 65.6 Å². The largest absolute Gasteiger partial charge is 0.598 e. The van der Waals surface area contributed by atoms with Crippen LogP contribution in [0.15, 0.2) is 24.3 Å².